The van der Waals surface area contributed by atoms with Gasteiger partial charge in [-0.1, -0.05) is 17.7 Å². The monoisotopic (exact) mass is 205 g/mol. The van der Waals surface area contributed by atoms with Gasteiger partial charge in [-0.3, -0.25) is 0 Å². The topological polar surface area (TPSA) is 35.2 Å². The van der Waals surface area contributed by atoms with E-state index in [1.807, 2.05) is 13.0 Å². The summed E-state index contributed by atoms with van der Waals surface area (Å²) in [4.78, 5) is 0. The average molecular weight is 205 g/mol. The highest BCUT2D eigenvalue weighted by molar-refractivity contribution is 5.39. The molecule has 0 aliphatic heterocycles. The van der Waals surface area contributed by atoms with Gasteiger partial charge in [0.1, 0.15) is 5.75 Å². The van der Waals surface area contributed by atoms with E-state index in [0.29, 0.717) is 12.5 Å². The van der Waals surface area contributed by atoms with Gasteiger partial charge in [0, 0.05) is 11.6 Å². The molecule has 15 heavy (non-hydrogen) atoms. The highest BCUT2D eigenvalue weighted by atomic mass is 16.5. The van der Waals surface area contributed by atoms with Gasteiger partial charge in [0.25, 0.3) is 0 Å². The van der Waals surface area contributed by atoms with Crippen molar-refractivity contribution in [3.63, 3.8) is 0 Å². The van der Waals surface area contributed by atoms with Crippen molar-refractivity contribution in [3.8, 4) is 5.75 Å². The van der Waals surface area contributed by atoms with Crippen LogP contribution in [0.2, 0.25) is 0 Å². The van der Waals surface area contributed by atoms with Crippen LogP contribution < -0.4 is 10.5 Å². The SMILES string of the molecule is CCOc1ccc(C)cc1C(N)C1CC1. The van der Waals surface area contributed by atoms with E-state index in [2.05, 4.69) is 19.1 Å². The summed E-state index contributed by atoms with van der Waals surface area (Å²) in [6, 6.07) is 6.44. The van der Waals surface area contributed by atoms with E-state index in [0.717, 1.165) is 5.75 Å². The Kier molecular flexibility index (Phi) is 2.96. The molecule has 2 nitrogen and oxygen atoms in total. The van der Waals surface area contributed by atoms with Crippen molar-refractivity contribution in [2.24, 2.45) is 11.7 Å². The Morgan fingerprint density at radius 2 is 2.20 bits per heavy atom. The summed E-state index contributed by atoms with van der Waals surface area (Å²) in [6.45, 7) is 4.80. The lowest BCUT2D eigenvalue weighted by molar-refractivity contribution is 0.332. The Hall–Kier alpha value is -1.02. The van der Waals surface area contributed by atoms with Crippen molar-refractivity contribution < 1.29 is 4.74 Å². The summed E-state index contributed by atoms with van der Waals surface area (Å²) in [5.41, 5.74) is 8.65. The molecular formula is C13H19NO. The van der Waals surface area contributed by atoms with Crippen molar-refractivity contribution in [2.75, 3.05) is 6.61 Å². The second-order valence-electron chi connectivity index (χ2n) is 4.34. The maximum atomic E-state index is 6.22. The smallest absolute Gasteiger partial charge is 0.124 e. The number of ether oxygens (including phenoxy) is 1. The molecule has 1 aliphatic rings. The van der Waals surface area contributed by atoms with Crippen LogP contribution in [0.1, 0.15) is 36.9 Å². The molecule has 1 fully saturated rings. The zero-order valence-corrected chi connectivity index (χ0v) is 9.49. The second-order valence-corrected chi connectivity index (χ2v) is 4.34. The summed E-state index contributed by atoms with van der Waals surface area (Å²) in [7, 11) is 0. The minimum Gasteiger partial charge on any atom is -0.494 e. The molecule has 1 unspecified atom stereocenters. The molecule has 0 heterocycles. The lowest BCUT2D eigenvalue weighted by atomic mass is 10.0. The summed E-state index contributed by atoms with van der Waals surface area (Å²) in [5.74, 6) is 1.63. The molecule has 2 N–H and O–H groups in total. The molecule has 0 bridgehead atoms. The maximum Gasteiger partial charge on any atom is 0.124 e. The fraction of sp³-hybridized carbons (Fsp3) is 0.538. The molecular weight excluding hydrogens is 186 g/mol. The molecule has 1 aromatic rings. The van der Waals surface area contributed by atoms with Crippen molar-refractivity contribution in [2.45, 2.75) is 32.7 Å². The highest BCUT2D eigenvalue weighted by Gasteiger charge is 2.31. The first-order valence-electron chi connectivity index (χ1n) is 5.71. The molecule has 0 aromatic heterocycles. The lowest BCUT2D eigenvalue weighted by Crippen LogP contribution is -2.14. The van der Waals surface area contributed by atoms with Crippen LogP contribution in [0.4, 0.5) is 0 Å². The van der Waals surface area contributed by atoms with Crippen LogP contribution in [0.5, 0.6) is 5.75 Å². The van der Waals surface area contributed by atoms with E-state index in [4.69, 9.17) is 10.5 Å². The molecule has 82 valence electrons. The number of hydrogen-bond donors (Lipinski definition) is 1. The Labute approximate surface area is 91.4 Å². The fourth-order valence-electron chi connectivity index (χ4n) is 1.92. The largest absolute Gasteiger partial charge is 0.494 e. The summed E-state index contributed by atoms with van der Waals surface area (Å²) >= 11 is 0. The average Bonchev–Trinajstić information content (AvgIpc) is 3.03. The second kappa shape index (κ2) is 4.23. The number of benzene rings is 1. The Morgan fingerprint density at radius 3 is 2.80 bits per heavy atom. The molecule has 2 heteroatoms. The third kappa shape index (κ3) is 2.32. The van der Waals surface area contributed by atoms with Gasteiger partial charge in [-0.25, -0.2) is 0 Å². The Bertz CT molecular complexity index is 344. The van der Waals surface area contributed by atoms with Gasteiger partial charge in [-0.05, 0) is 38.7 Å². The van der Waals surface area contributed by atoms with Crippen LogP contribution >= 0.6 is 0 Å². The van der Waals surface area contributed by atoms with E-state index in [1.54, 1.807) is 0 Å². The van der Waals surface area contributed by atoms with E-state index < -0.39 is 0 Å². The first-order chi connectivity index (χ1) is 7.22. The van der Waals surface area contributed by atoms with Crippen molar-refractivity contribution >= 4 is 0 Å². The van der Waals surface area contributed by atoms with Gasteiger partial charge >= 0.3 is 0 Å². The van der Waals surface area contributed by atoms with Gasteiger partial charge in [-0.2, -0.15) is 0 Å². The van der Waals surface area contributed by atoms with Crippen molar-refractivity contribution in [3.05, 3.63) is 29.3 Å². The van der Waals surface area contributed by atoms with Gasteiger partial charge in [0.15, 0.2) is 0 Å². The van der Waals surface area contributed by atoms with Gasteiger partial charge < -0.3 is 10.5 Å². The molecule has 1 aliphatic carbocycles. The number of aryl methyl sites for hydroxylation is 1. The molecule has 0 spiro atoms. The summed E-state index contributed by atoms with van der Waals surface area (Å²) in [6.07, 6.45) is 2.53. The van der Waals surface area contributed by atoms with E-state index >= 15 is 0 Å². The molecule has 1 saturated carbocycles. The zero-order chi connectivity index (χ0) is 10.8. The number of nitrogens with two attached hydrogens (primary N) is 1. The normalized spacial score (nSPS) is 17.5. The standard InChI is InChI=1S/C13H19NO/c1-3-15-12-7-4-9(2)8-11(12)13(14)10-5-6-10/h4,7-8,10,13H,3,5-6,14H2,1-2H3. The van der Waals surface area contributed by atoms with Crippen LogP contribution in [0.3, 0.4) is 0 Å². The molecule has 1 aromatic carbocycles. The number of hydrogen-bond acceptors (Lipinski definition) is 2. The van der Waals surface area contributed by atoms with Crippen LogP contribution in [-0.4, -0.2) is 6.61 Å². The van der Waals surface area contributed by atoms with Crippen LogP contribution in [0, 0.1) is 12.8 Å². The Morgan fingerprint density at radius 1 is 1.47 bits per heavy atom. The quantitative estimate of drug-likeness (QED) is 0.820. The molecule has 0 saturated heterocycles. The Balaban J connectivity index is 2.28. The predicted molar refractivity (Wildman–Crippen MR) is 62.0 cm³/mol. The van der Waals surface area contributed by atoms with Gasteiger partial charge in [-0.15, -0.1) is 0 Å². The minimum atomic E-state index is 0.159. The molecule has 0 radical (unpaired) electrons. The zero-order valence-electron chi connectivity index (χ0n) is 9.49. The molecule has 2 rings (SSSR count). The van der Waals surface area contributed by atoms with Crippen molar-refractivity contribution in [1.82, 2.24) is 0 Å². The third-order valence-electron chi connectivity index (χ3n) is 2.95. The van der Waals surface area contributed by atoms with Crippen LogP contribution in [-0.2, 0) is 0 Å². The van der Waals surface area contributed by atoms with Crippen LogP contribution in [0.15, 0.2) is 18.2 Å². The maximum absolute atomic E-state index is 6.22. The number of rotatable bonds is 4. The molecule has 1 atom stereocenters. The predicted octanol–water partition coefficient (Wildman–Crippen LogP) is 2.80. The lowest BCUT2D eigenvalue weighted by Gasteiger charge is -2.16. The first-order valence-corrected chi connectivity index (χ1v) is 5.71. The summed E-state index contributed by atoms with van der Waals surface area (Å²) in [5, 5.41) is 0. The third-order valence-corrected chi connectivity index (χ3v) is 2.95. The van der Waals surface area contributed by atoms with E-state index in [1.165, 1.54) is 24.0 Å². The van der Waals surface area contributed by atoms with Gasteiger partial charge in [0.2, 0.25) is 0 Å². The summed E-state index contributed by atoms with van der Waals surface area (Å²) < 4.78 is 5.61. The van der Waals surface area contributed by atoms with Gasteiger partial charge in [0.05, 0.1) is 6.61 Å². The molecule has 0 amide bonds. The minimum absolute atomic E-state index is 0.159. The van der Waals surface area contributed by atoms with E-state index in [9.17, 15) is 0 Å². The van der Waals surface area contributed by atoms with Crippen LogP contribution in [0.25, 0.3) is 0 Å². The highest BCUT2D eigenvalue weighted by Crippen LogP contribution is 2.42. The van der Waals surface area contributed by atoms with Crippen molar-refractivity contribution in [1.29, 1.82) is 0 Å². The van der Waals surface area contributed by atoms with E-state index in [-0.39, 0.29) is 6.04 Å². The first kappa shape index (κ1) is 10.5. The fourth-order valence-corrected chi connectivity index (χ4v) is 1.92.